The standard InChI is InChI=1S/C21H30N2O3S/c1-27(25,26)23-14-6-7-16-15-17(9-10-18(16)23)20(24)22-19-8-2-3-11-21(19)12-4-5-13-21/h9-10,15,19H,2-8,11-14H2,1H3,(H,22,24). The summed E-state index contributed by atoms with van der Waals surface area (Å²) in [7, 11) is -3.28. The van der Waals surface area contributed by atoms with Crippen molar-refractivity contribution in [2.24, 2.45) is 5.41 Å². The molecule has 1 heterocycles. The molecule has 1 N–H and O–H groups in total. The maximum atomic E-state index is 13.0. The van der Waals surface area contributed by atoms with Crippen LogP contribution in [0.25, 0.3) is 0 Å². The molecular weight excluding hydrogens is 360 g/mol. The van der Waals surface area contributed by atoms with E-state index in [1.807, 2.05) is 6.07 Å². The number of hydrogen-bond donors (Lipinski definition) is 1. The molecule has 1 spiro atoms. The van der Waals surface area contributed by atoms with Gasteiger partial charge in [0.1, 0.15) is 0 Å². The third kappa shape index (κ3) is 3.60. The monoisotopic (exact) mass is 390 g/mol. The van der Waals surface area contributed by atoms with Crippen molar-refractivity contribution in [2.75, 3.05) is 17.1 Å². The molecule has 5 nitrogen and oxygen atoms in total. The van der Waals surface area contributed by atoms with Crippen LogP contribution >= 0.6 is 0 Å². The molecule has 1 aromatic rings. The lowest BCUT2D eigenvalue weighted by molar-refractivity contribution is 0.0805. The van der Waals surface area contributed by atoms with Crippen LogP contribution in [0.2, 0.25) is 0 Å². The first-order valence-corrected chi connectivity index (χ1v) is 12.2. The molecule has 3 aliphatic rings. The number of benzene rings is 1. The van der Waals surface area contributed by atoms with E-state index in [4.69, 9.17) is 0 Å². The number of fused-ring (bicyclic) bond motifs is 1. The summed E-state index contributed by atoms with van der Waals surface area (Å²) in [5, 5.41) is 3.35. The maximum Gasteiger partial charge on any atom is 0.251 e. The Morgan fingerprint density at radius 2 is 1.81 bits per heavy atom. The second-order valence-corrected chi connectivity index (χ2v) is 10.5. The van der Waals surface area contributed by atoms with E-state index in [2.05, 4.69) is 5.32 Å². The van der Waals surface area contributed by atoms with Gasteiger partial charge in [0.15, 0.2) is 0 Å². The summed E-state index contributed by atoms with van der Waals surface area (Å²) in [6.07, 6.45) is 12.7. The van der Waals surface area contributed by atoms with Gasteiger partial charge in [-0.1, -0.05) is 25.7 Å². The van der Waals surface area contributed by atoms with Crippen LogP contribution < -0.4 is 9.62 Å². The molecule has 0 aromatic heterocycles. The molecular formula is C21H30N2O3S. The highest BCUT2D eigenvalue weighted by Gasteiger charge is 2.43. The number of hydrogen-bond acceptors (Lipinski definition) is 3. The largest absolute Gasteiger partial charge is 0.349 e. The van der Waals surface area contributed by atoms with Crippen molar-refractivity contribution < 1.29 is 13.2 Å². The molecule has 1 unspecified atom stereocenters. The van der Waals surface area contributed by atoms with Gasteiger partial charge in [-0.2, -0.15) is 0 Å². The fraction of sp³-hybridized carbons (Fsp3) is 0.667. The van der Waals surface area contributed by atoms with Crippen LogP contribution in [0.5, 0.6) is 0 Å². The van der Waals surface area contributed by atoms with Gasteiger partial charge in [-0.25, -0.2) is 8.42 Å². The summed E-state index contributed by atoms with van der Waals surface area (Å²) in [6.45, 7) is 0.516. The summed E-state index contributed by atoms with van der Waals surface area (Å²) < 4.78 is 25.5. The van der Waals surface area contributed by atoms with Crippen molar-refractivity contribution >= 4 is 21.6 Å². The summed E-state index contributed by atoms with van der Waals surface area (Å²) in [6, 6.07) is 5.76. The lowest BCUT2D eigenvalue weighted by Gasteiger charge is -2.42. The van der Waals surface area contributed by atoms with E-state index >= 15 is 0 Å². The molecule has 2 aliphatic carbocycles. The van der Waals surface area contributed by atoms with Crippen molar-refractivity contribution in [3.05, 3.63) is 29.3 Å². The second-order valence-electron chi connectivity index (χ2n) is 8.62. The maximum absolute atomic E-state index is 13.0. The van der Waals surface area contributed by atoms with Crippen molar-refractivity contribution in [3.63, 3.8) is 0 Å². The predicted octanol–water partition coefficient (Wildman–Crippen LogP) is 3.63. The first-order chi connectivity index (χ1) is 12.9. The smallest absolute Gasteiger partial charge is 0.251 e. The summed E-state index contributed by atoms with van der Waals surface area (Å²) in [4.78, 5) is 13.0. The van der Waals surface area contributed by atoms with Gasteiger partial charge in [0.25, 0.3) is 5.91 Å². The number of rotatable bonds is 3. The second kappa shape index (κ2) is 7.12. The van der Waals surface area contributed by atoms with E-state index in [9.17, 15) is 13.2 Å². The normalized spacial score (nSPS) is 24.6. The highest BCUT2D eigenvalue weighted by atomic mass is 32.2. The number of nitrogens with zero attached hydrogens (tertiary/aromatic N) is 1. The Bertz CT molecular complexity index is 828. The van der Waals surface area contributed by atoms with Gasteiger partial charge in [0.05, 0.1) is 11.9 Å². The molecule has 148 valence electrons. The van der Waals surface area contributed by atoms with Crippen LogP contribution in [0.15, 0.2) is 18.2 Å². The van der Waals surface area contributed by atoms with Crippen molar-refractivity contribution in [2.45, 2.75) is 70.3 Å². The lowest BCUT2D eigenvalue weighted by atomic mass is 9.69. The van der Waals surface area contributed by atoms with E-state index in [0.717, 1.165) is 30.5 Å². The summed E-state index contributed by atoms with van der Waals surface area (Å²) in [5.74, 6) is -0.00699. The Labute approximate surface area is 162 Å². The zero-order valence-electron chi connectivity index (χ0n) is 16.2. The van der Waals surface area contributed by atoms with Crippen molar-refractivity contribution in [1.29, 1.82) is 0 Å². The van der Waals surface area contributed by atoms with E-state index in [1.165, 1.54) is 55.5 Å². The molecule has 27 heavy (non-hydrogen) atoms. The zero-order valence-corrected chi connectivity index (χ0v) is 17.0. The highest BCUT2D eigenvalue weighted by molar-refractivity contribution is 7.92. The van der Waals surface area contributed by atoms with Crippen LogP contribution in [0.3, 0.4) is 0 Å². The quantitative estimate of drug-likeness (QED) is 0.857. The van der Waals surface area contributed by atoms with Crippen molar-refractivity contribution in [3.8, 4) is 0 Å². The van der Waals surface area contributed by atoms with Gasteiger partial charge < -0.3 is 5.32 Å². The first kappa shape index (κ1) is 18.8. The Hall–Kier alpha value is -1.56. The van der Waals surface area contributed by atoms with Gasteiger partial charge in [0, 0.05) is 18.2 Å². The number of amides is 1. The Balaban J connectivity index is 1.54. The topological polar surface area (TPSA) is 66.5 Å². The van der Waals surface area contributed by atoms with Gasteiger partial charge in [-0.05, 0) is 67.7 Å². The van der Waals surface area contributed by atoms with E-state index in [1.54, 1.807) is 12.1 Å². The number of carbonyl (C=O) groups excluding carboxylic acids is 1. The van der Waals surface area contributed by atoms with Crippen molar-refractivity contribution in [1.82, 2.24) is 5.32 Å². The van der Waals surface area contributed by atoms with E-state index in [0.29, 0.717) is 17.5 Å². The summed E-state index contributed by atoms with van der Waals surface area (Å²) in [5.41, 5.74) is 2.65. The van der Waals surface area contributed by atoms with Gasteiger partial charge in [-0.3, -0.25) is 9.10 Å². The van der Waals surface area contributed by atoms with Crippen LogP contribution in [0.1, 0.15) is 73.7 Å². The van der Waals surface area contributed by atoms with Crippen LogP contribution in [-0.4, -0.2) is 33.2 Å². The molecule has 6 heteroatoms. The van der Waals surface area contributed by atoms with Crippen LogP contribution in [-0.2, 0) is 16.4 Å². The lowest BCUT2D eigenvalue weighted by Crippen LogP contribution is -2.48. The Kier molecular flexibility index (Phi) is 4.95. The fourth-order valence-electron chi connectivity index (χ4n) is 5.50. The molecule has 1 aromatic carbocycles. The zero-order chi connectivity index (χ0) is 19.1. The van der Waals surface area contributed by atoms with E-state index < -0.39 is 10.0 Å². The predicted molar refractivity (Wildman–Crippen MR) is 108 cm³/mol. The third-order valence-electron chi connectivity index (χ3n) is 6.88. The SMILES string of the molecule is CS(=O)(=O)N1CCCc2cc(C(=O)NC3CCCCC34CCCC4)ccc21. The average Bonchev–Trinajstić information content (AvgIpc) is 3.11. The highest BCUT2D eigenvalue weighted by Crippen LogP contribution is 2.49. The molecule has 1 atom stereocenters. The third-order valence-corrected chi connectivity index (χ3v) is 8.06. The number of carbonyl (C=O) groups is 1. The van der Waals surface area contributed by atoms with Gasteiger partial charge in [-0.15, -0.1) is 0 Å². The van der Waals surface area contributed by atoms with E-state index in [-0.39, 0.29) is 11.9 Å². The molecule has 4 rings (SSSR count). The van der Waals surface area contributed by atoms with Gasteiger partial charge in [0.2, 0.25) is 10.0 Å². The number of nitrogens with one attached hydrogen (secondary N) is 1. The van der Waals surface area contributed by atoms with Crippen LogP contribution in [0.4, 0.5) is 5.69 Å². The minimum atomic E-state index is -3.28. The molecule has 0 radical (unpaired) electrons. The van der Waals surface area contributed by atoms with Gasteiger partial charge >= 0.3 is 0 Å². The number of aryl methyl sites for hydroxylation is 1. The number of sulfonamides is 1. The number of anilines is 1. The minimum Gasteiger partial charge on any atom is -0.349 e. The minimum absolute atomic E-state index is 0.00699. The molecule has 1 amide bonds. The first-order valence-electron chi connectivity index (χ1n) is 10.3. The Morgan fingerprint density at radius 3 is 2.52 bits per heavy atom. The average molecular weight is 391 g/mol. The van der Waals surface area contributed by atoms with Crippen LogP contribution in [0, 0.1) is 5.41 Å². The Morgan fingerprint density at radius 1 is 1.11 bits per heavy atom. The molecule has 1 aliphatic heterocycles. The molecule has 2 saturated carbocycles. The summed E-state index contributed by atoms with van der Waals surface area (Å²) >= 11 is 0. The fourth-order valence-corrected chi connectivity index (χ4v) is 6.49. The molecule has 2 fully saturated rings. The molecule has 0 saturated heterocycles. The molecule has 0 bridgehead atoms.